The van der Waals surface area contributed by atoms with Crippen molar-refractivity contribution in [1.82, 2.24) is 4.90 Å². The minimum atomic E-state index is -0.723. The van der Waals surface area contributed by atoms with Crippen LogP contribution >= 0.6 is 0 Å². The Morgan fingerprint density at radius 2 is 2.00 bits per heavy atom. The van der Waals surface area contributed by atoms with Crippen LogP contribution in [0.25, 0.3) is 0 Å². The van der Waals surface area contributed by atoms with Gasteiger partial charge in [-0.2, -0.15) is 0 Å². The molecule has 2 fully saturated rings. The van der Waals surface area contributed by atoms with Gasteiger partial charge in [0.05, 0.1) is 18.9 Å². The van der Waals surface area contributed by atoms with E-state index in [9.17, 15) is 14.4 Å². The molecular formula is C15H19NO6. The smallest absolute Gasteiger partial charge is 0.413 e. The molecule has 0 N–H and O–H groups in total. The Labute approximate surface area is 128 Å². The Hall–Kier alpha value is -2.05. The van der Waals surface area contributed by atoms with Gasteiger partial charge in [-0.3, -0.25) is 14.5 Å². The Balaban J connectivity index is 2.05. The Kier molecular flexibility index (Phi) is 3.19. The van der Waals surface area contributed by atoms with Gasteiger partial charge in [-0.1, -0.05) is 20.8 Å². The summed E-state index contributed by atoms with van der Waals surface area (Å²) in [6.07, 6.45) is 1.000. The molecule has 2 heterocycles. The molecule has 2 saturated heterocycles. The normalized spacial score (nSPS) is 33.6. The molecule has 0 spiro atoms. The fourth-order valence-corrected chi connectivity index (χ4v) is 3.35. The maximum absolute atomic E-state index is 12.3. The summed E-state index contributed by atoms with van der Waals surface area (Å²) in [5.74, 6) is -1.88. The molecule has 3 aliphatic rings. The van der Waals surface area contributed by atoms with Gasteiger partial charge in [0.1, 0.15) is 11.8 Å². The number of carbonyl (C=O) groups excluding carboxylic acids is 3. The Morgan fingerprint density at radius 3 is 2.59 bits per heavy atom. The van der Waals surface area contributed by atoms with Crippen LogP contribution in [0.3, 0.4) is 0 Å². The number of methoxy groups -OCH3 is 1. The first-order valence-electron chi connectivity index (χ1n) is 7.24. The van der Waals surface area contributed by atoms with Crippen molar-refractivity contribution in [3.8, 4) is 0 Å². The lowest BCUT2D eigenvalue weighted by Gasteiger charge is -2.35. The summed E-state index contributed by atoms with van der Waals surface area (Å²) in [7, 11) is 1.28. The van der Waals surface area contributed by atoms with Crippen LogP contribution in [0.15, 0.2) is 11.8 Å². The van der Waals surface area contributed by atoms with E-state index in [0.29, 0.717) is 12.2 Å². The standard InChI is InChI=1S/C15H19NO6/c1-15(2,3)13-16(14(19)20-4)10-8(21-13)6-5-7-9(10)12(18)22-11(7)17/h6-7,9-10,13H,5H2,1-4H3. The highest BCUT2D eigenvalue weighted by atomic mass is 16.6. The van der Waals surface area contributed by atoms with E-state index in [-0.39, 0.29) is 5.41 Å². The van der Waals surface area contributed by atoms with Crippen molar-refractivity contribution in [2.24, 2.45) is 17.3 Å². The summed E-state index contributed by atoms with van der Waals surface area (Å²) in [6.45, 7) is 5.79. The molecule has 0 aromatic rings. The zero-order valence-corrected chi connectivity index (χ0v) is 13.0. The van der Waals surface area contributed by atoms with Gasteiger partial charge in [-0.25, -0.2) is 4.79 Å². The van der Waals surface area contributed by atoms with Crippen LogP contribution in [0, 0.1) is 17.3 Å². The second kappa shape index (κ2) is 4.72. The number of allylic oxidation sites excluding steroid dienone is 1. The number of hydrogen-bond donors (Lipinski definition) is 0. The van der Waals surface area contributed by atoms with Crippen LogP contribution in [0.1, 0.15) is 27.2 Å². The van der Waals surface area contributed by atoms with E-state index in [1.807, 2.05) is 20.8 Å². The summed E-state index contributed by atoms with van der Waals surface area (Å²) in [5, 5.41) is 0. The topological polar surface area (TPSA) is 82.1 Å². The predicted molar refractivity (Wildman–Crippen MR) is 73.1 cm³/mol. The van der Waals surface area contributed by atoms with Gasteiger partial charge in [0.25, 0.3) is 0 Å². The van der Waals surface area contributed by atoms with Crippen molar-refractivity contribution >= 4 is 18.0 Å². The highest BCUT2D eigenvalue weighted by Gasteiger charge is 2.60. The Bertz CT molecular complexity index is 575. The number of hydrogen-bond acceptors (Lipinski definition) is 6. The number of cyclic esters (lactones) is 2. The van der Waals surface area contributed by atoms with Crippen molar-refractivity contribution < 1.29 is 28.6 Å². The first kappa shape index (κ1) is 14.9. The van der Waals surface area contributed by atoms with Crippen molar-refractivity contribution in [2.45, 2.75) is 39.5 Å². The Morgan fingerprint density at radius 1 is 1.32 bits per heavy atom. The average molecular weight is 309 g/mol. The molecule has 0 aromatic carbocycles. The quantitative estimate of drug-likeness (QED) is 0.497. The third-order valence-corrected chi connectivity index (χ3v) is 4.34. The van der Waals surface area contributed by atoms with Crippen LogP contribution in [-0.4, -0.2) is 42.3 Å². The van der Waals surface area contributed by atoms with E-state index in [0.717, 1.165) is 0 Å². The molecule has 4 unspecified atom stereocenters. The maximum atomic E-state index is 12.3. The number of nitrogens with zero attached hydrogens (tertiary/aromatic N) is 1. The fourth-order valence-electron chi connectivity index (χ4n) is 3.35. The zero-order valence-electron chi connectivity index (χ0n) is 13.0. The number of carbonyl (C=O) groups is 3. The number of fused-ring (bicyclic) bond motifs is 3. The molecule has 0 saturated carbocycles. The van der Waals surface area contributed by atoms with E-state index in [4.69, 9.17) is 14.2 Å². The second-order valence-corrected chi connectivity index (χ2v) is 6.87. The SMILES string of the molecule is COC(=O)N1C2C(=CCC3C(=O)OC(=O)C32)OC1C(C)(C)C. The zero-order chi connectivity index (χ0) is 16.2. The molecule has 4 atom stereocenters. The molecule has 0 aromatic heterocycles. The molecule has 3 rings (SSSR count). The van der Waals surface area contributed by atoms with Crippen molar-refractivity contribution in [2.75, 3.05) is 7.11 Å². The average Bonchev–Trinajstić information content (AvgIpc) is 2.96. The lowest BCUT2D eigenvalue weighted by Crippen LogP contribution is -2.52. The molecule has 120 valence electrons. The fraction of sp³-hybridized carbons (Fsp3) is 0.667. The molecule has 1 aliphatic carbocycles. The lowest BCUT2D eigenvalue weighted by atomic mass is 9.80. The molecule has 22 heavy (non-hydrogen) atoms. The molecular weight excluding hydrogens is 290 g/mol. The minimum Gasteiger partial charge on any atom is -0.472 e. The highest BCUT2D eigenvalue weighted by Crippen LogP contribution is 2.47. The third kappa shape index (κ3) is 1.99. The van der Waals surface area contributed by atoms with E-state index in [1.54, 1.807) is 6.08 Å². The summed E-state index contributed by atoms with van der Waals surface area (Å²) >= 11 is 0. The maximum Gasteiger partial charge on any atom is 0.413 e. The van der Waals surface area contributed by atoms with Gasteiger partial charge in [-0.05, 0) is 12.5 Å². The van der Waals surface area contributed by atoms with Gasteiger partial charge in [0.15, 0.2) is 6.23 Å². The van der Waals surface area contributed by atoms with Gasteiger partial charge >= 0.3 is 18.0 Å². The predicted octanol–water partition coefficient (Wildman–Crippen LogP) is 1.43. The van der Waals surface area contributed by atoms with Crippen molar-refractivity contribution in [1.29, 1.82) is 0 Å². The van der Waals surface area contributed by atoms with Gasteiger partial charge in [0.2, 0.25) is 0 Å². The van der Waals surface area contributed by atoms with Crippen molar-refractivity contribution in [3.05, 3.63) is 11.8 Å². The molecule has 1 amide bonds. The van der Waals surface area contributed by atoms with E-state index >= 15 is 0 Å². The van der Waals surface area contributed by atoms with Crippen LogP contribution < -0.4 is 0 Å². The van der Waals surface area contributed by atoms with Crippen LogP contribution in [0.2, 0.25) is 0 Å². The third-order valence-electron chi connectivity index (χ3n) is 4.34. The largest absolute Gasteiger partial charge is 0.472 e. The minimum absolute atomic E-state index is 0.381. The van der Waals surface area contributed by atoms with Crippen LogP contribution in [-0.2, 0) is 23.8 Å². The molecule has 7 heteroatoms. The number of ether oxygens (including phenoxy) is 3. The van der Waals surface area contributed by atoms with Gasteiger partial charge < -0.3 is 14.2 Å². The lowest BCUT2D eigenvalue weighted by molar-refractivity contribution is -0.154. The van der Waals surface area contributed by atoms with Crippen LogP contribution in [0.4, 0.5) is 4.79 Å². The highest BCUT2D eigenvalue weighted by molar-refractivity contribution is 5.98. The van der Waals surface area contributed by atoms with Crippen LogP contribution in [0.5, 0.6) is 0 Å². The van der Waals surface area contributed by atoms with Gasteiger partial charge in [-0.15, -0.1) is 0 Å². The molecule has 7 nitrogen and oxygen atoms in total. The van der Waals surface area contributed by atoms with E-state index < -0.39 is 42.1 Å². The molecule has 0 radical (unpaired) electrons. The number of esters is 2. The summed E-state index contributed by atoms with van der Waals surface area (Å²) in [5.41, 5.74) is -0.381. The van der Waals surface area contributed by atoms with Gasteiger partial charge in [0, 0.05) is 5.41 Å². The monoisotopic (exact) mass is 309 g/mol. The summed E-state index contributed by atoms with van der Waals surface area (Å²) in [4.78, 5) is 37.5. The number of rotatable bonds is 0. The molecule has 0 bridgehead atoms. The summed E-state index contributed by atoms with van der Waals surface area (Å²) in [6, 6.07) is -0.644. The van der Waals surface area contributed by atoms with E-state index in [2.05, 4.69) is 0 Å². The van der Waals surface area contributed by atoms with E-state index in [1.165, 1.54) is 12.0 Å². The summed E-state index contributed by atoms with van der Waals surface area (Å²) < 4.78 is 15.5. The first-order chi connectivity index (χ1) is 10.3. The van der Waals surface area contributed by atoms with Crippen molar-refractivity contribution in [3.63, 3.8) is 0 Å². The first-order valence-corrected chi connectivity index (χ1v) is 7.24. The second-order valence-electron chi connectivity index (χ2n) is 6.87. The number of amides is 1. The molecule has 2 aliphatic heterocycles.